The minimum atomic E-state index is 0.396. The Morgan fingerprint density at radius 2 is 1.46 bits per heavy atom. The molecule has 0 unspecified atom stereocenters. The van der Waals surface area contributed by atoms with Gasteiger partial charge in [-0.2, -0.15) is 0 Å². The lowest BCUT2D eigenvalue weighted by Crippen LogP contribution is -2.40. The largest absolute Gasteiger partial charge is 0.298 e. The Hall–Kier alpha value is -0.0400. The van der Waals surface area contributed by atoms with Crippen LogP contribution in [0, 0.1) is 17.8 Å². The van der Waals surface area contributed by atoms with Gasteiger partial charge < -0.3 is 0 Å². The number of fused-ring (bicyclic) bond motifs is 1. The van der Waals surface area contributed by atoms with Gasteiger partial charge in [0.15, 0.2) is 0 Å². The van der Waals surface area contributed by atoms with E-state index in [-0.39, 0.29) is 0 Å². The van der Waals surface area contributed by atoms with Gasteiger partial charge in [-0.05, 0) is 51.4 Å². The molecule has 0 bridgehead atoms. The summed E-state index contributed by atoms with van der Waals surface area (Å²) < 4.78 is 0. The van der Waals surface area contributed by atoms with Crippen molar-refractivity contribution in [1.82, 2.24) is 4.90 Å². The first kappa shape index (κ1) is 9.51. The second-order valence-corrected chi connectivity index (χ2v) is 6.17. The standard InChI is InChI=1S/C12H23N/c1-9-5-10-7-13(12(2,3)4)8-11(10)6-9/h9-11H,5-8H2,1-4H3/t9-,10-,11+. The highest BCUT2D eigenvalue weighted by Gasteiger charge is 2.42. The van der Waals surface area contributed by atoms with Gasteiger partial charge in [-0.25, -0.2) is 0 Å². The number of rotatable bonds is 0. The van der Waals surface area contributed by atoms with Crippen molar-refractivity contribution >= 4 is 0 Å². The van der Waals surface area contributed by atoms with E-state index in [4.69, 9.17) is 0 Å². The maximum Gasteiger partial charge on any atom is 0.0125 e. The van der Waals surface area contributed by atoms with Crippen LogP contribution in [0.15, 0.2) is 0 Å². The van der Waals surface area contributed by atoms with Crippen molar-refractivity contribution in [3.8, 4) is 0 Å². The van der Waals surface area contributed by atoms with Crippen LogP contribution in [-0.2, 0) is 0 Å². The van der Waals surface area contributed by atoms with E-state index >= 15 is 0 Å². The van der Waals surface area contributed by atoms with E-state index in [0.29, 0.717) is 5.54 Å². The minimum Gasteiger partial charge on any atom is -0.298 e. The molecule has 2 fully saturated rings. The van der Waals surface area contributed by atoms with E-state index in [1.54, 1.807) is 0 Å². The predicted molar refractivity (Wildman–Crippen MR) is 56.7 cm³/mol. The molecule has 0 aromatic rings. The summed E-state index contributed by atoms with van der Waals surface area (Å²) in [5.41, 5.74) is 0.396. The molecule has 1 nitrogen and oxygen atoms in total. The minimum absolute atomic E-state index is 0.396. The Bertz CT molecular complexity index is 178. The summed E-state index contributed by atoms with van der Waals surface area (Å²) in [4.78, 5) is 2.67. The Morgan fingerprint density at radius 3 is 1.85 bits per heavy atom. The first-order valence-electron chi connectivity index (χ1n) is 5.72. The Labute approximate surface area is 82.5 Å². The van der Waals surface area contributed by atoms with Gasteiger partial charge in [-0.1, -0.05) is 6.92 Å². The maximum atomic E-state index is 2.67. The highest BCUT2D eigenvalue weighted by Crippen LogP contribution is 2.42. The van der Waals surface area contributed by atoms with E-state index in [0.717, 1.165) is 17.8 Å². The Balaban J connectivity index is 1.98. The van der Waals surface area contributed by atoms with Crippen LogP contribution in [0.2, 0.25) is 0 Å². The average molecular weight is 181 g/mol. The van der Waals surface area contributed by atoms with Gasteiger partial charge in [-0.15, -0.1) is 0 Å². The Kier molecular flexibility index (Phi) is 2.18. The molecule has 1 aliphatic carbocycles. The number of nitrogens with zero attached hydrogens (tertiary/aromatic N) is 1. The number of hydrogen-bond acceptors (Lipinski definition) is 1. The zero-order valence-electron chi connectivity index (χ0n) is 9.51. The van der Waals surface area contributed by atoms with E-state index in [2.05, 4.69) is 32.6 Å². The molecule has 0 N–H and O–H groups in total. The van der Waals surface area contributed by atoms with Crippen LogP contribution in [0.1, 0.15) is 40.5 Å². The molecular weight excluding hydrogens is 158 g/mol. The van der Waals surface area contributed by atoms with Crippen molar-refractivity contribution in [2.24, 2.45) is 17.8 Å². The molecule has 1 saturated carbocycles. The highest BCUT2D eigenvalue weighted by molar-refractivity contribution is 4.94. The summed E-state index contributed by atoms with van der Waals surface area (Å²) in [5.74, 6) is 3.04. The first-order chi connectivity index (χ1) is 5.97. The molecule has 2 aliphatic rings. The fraction of sp³-hybridized carbons (Fsp3) is 1.00. The zero-order chi connectivity index (χ0) is 9.64. The third kappa shape index (κ3) is 1.76. The summed E-state index contributed by atoms with van der Waals surface area (Å²) in [5, 5.41) is 0. The molecule has 0 amide bonds. The molecule has 2 rings (SSSR count). The summed E-state index contributed by atoms with van der Waals surface area (Å²) in [6.45, 7) is 12.2. The van der Waals surface area contributed by atoms with Crippen molar-refractivity contribution in [1.29, 1.82) is 0 Å². The molecule has 0 radical (unpaired) electrons. The van der Waals surface area contributed by atoms with Gasteiger partial charge in [0, 0.05) is 18.6 Å². The number of hydrogen-bond donors (Lipinski definition) is 0. The molecule has 3 atom stereocenters. The van der Waals surface area contributed by atoms with E-state index in [1.807, 2.05) is 0 Å². The molecule has 1 heterocycles. The van der Waals surface area contributed by atoms with Gasteiger partial charge in [0.05, 0.1) is 0 Å². The van der Waals surface area contributed by atoms with Crippen molar-refractivity contribution in [3.63, 3.8) is 0 Å². The lowest BCUT2D eigenvalue weighted by Gasteiger charge is -2.32. The van der Waals surface area contributed by atoms with Gasteiger partial charge in [-0.3, -0.25) is 4.90 Å². The number of likely N-dealkylation sites (tertiary alicyclic amines) is 1. The fourth-order valence-corrected chi connectivity index (χ4v) is 3.15. The average Bonchev–Trinajstić information content (AvgIpc) is 2.40. The lowest BCUT2D eigenvalue weighted by molar-refractivity contribution is 0.158. The molecular formula is C12H23N. The fourth-order valence-electron chi connectivity index (χ4n) is 3.15. The molecule has 13 heavy (non-hydrogen) atoms. The third-order valence-corrected chi connectivity index (χ3v) is 3.94. The molecule has 1 aliphatic heterocycles. The van der Waals surface area contributed by atoms with Gasteiger partial charge in [0.2, 0.25) is 0 Å². The molecule has 76 valence electrons. The maximum absolute atomic E-state index is 2.67. The van der Waals surface area contributed by atoms with Crippen molar-refractivity contribution in [3.05, 3.63) is 0 Å². The van der Waals surface area contributed by atoms with Crippen molar-refractivity contribution < 1.29 is 0 Å². The molecule has 1 heteroatoms. The second kappa shape index (κ2) is 2.98. The summed E-state index contributed by atoms with van der Waals surface area (Å²) in [6.07, 6.45) is 2.97. The molecule has 1 saturated heterocycles. The second-order valence-electron chi connectivity index (χ2n) is 6.17. The summed E-state index contributed by atoms with van der Waals surface area (Å²) >= 11 is 0. The Morgan fingerprint density at radius 1 is 1.00 bits per heavy atom. The summed E-state index contributed by atoms with van der Waals surface area (Å²) in [6, 6.07) is 0. The van der Waals surface area contributed by atoms with Crippen LogP contribution >= 0.6 is 0 Å². The smallest absolute Gasteiger partial charge is 0.0125 e. The van der Waals surface area contributed by atoms with Crippen LogP contribution < -0.4 is 0 Å². The molecule has 0 aromatic heterocycles. The van der Waals surface area contributed by atoms with Gasteiger partial charge in [0.25, 0.3) is 0 Å². The monoisotopic (exact) mass is 181 g/mol. The van der Waals surface area contributed by atoms with Gasteiger partial charge >= 0.3 is 0 Å². The van der Waals surface area contributed by atoms with Gasteiger partial charge in [0.1, 0.15) is 0 Å². The van der Waals surface area contributed by atoms with Crippen LogP contribution in [0.25, 0.3) is 0 Å². The van der Waals surface area contributed by atoms with Crippen LogP contribution in [0.4, 0.5) is 0 Å². The van der Waals surface area contributed by atoms with E-state index in [9.17, 15) is 0 Å². The quantitative estimate of drug-likeness (QED) is 0.555. The van der Waals surface area contributed by atoms with Crippen molar-refractivity contribution in [2.45, 2.75) is 46.1 Å². The molecule has 0 aromatic carbocycles. The predicted octanol–water partition coefficient (Wildman–Crippen LogP) is 2.76. The normalized spacial score (nSPS) is 41.1. The van der Waals surface area contributed by atoms with Crippen molar-refractivity contribution in [2.75, 3.05) is 13.1 Å². The van der Waals surface area contributed by atoms with Crippen LogP contribution in [-0.4, -0.2) is 23.5 Å². The topological polar surface area (TPSA) is 3.24 Å². The third-order valence-electron chi connectivity index (χ3n) is 3.94. The zero-order valence-corrected chi connectivity index (χ0v) is 9.51. The van der Waals surface area contributed by atoms with E-state index < -0.39 is 0 Å². The highest BCUT2D eigenvalue weighted by atomic mass is 15.2. The van der Waals surface area contributed by atoms with E-state index in [1.165, 1.54) is 25.9 Å². The summed E-state index contributed by atoms with van der Waals surface area (Å²) in [7, 11) is 0. The van der Waals surface area contributed by atoms with Crippen LogP contribution in [0.5, 0.6) is 0 Å². The lowest BCUT2D eigenvalue weighted by atomic mass is 10.0. The van der Waals surface area contributed by atoms with Crippen LogP contribution in [0.3, 0.4) is 0 Å². The SMILES string of the molecule is C[C@@H]1C[C@@H]2CN(C(C)(C)C)C[C@@H]2C1. The molecule has 0 spiro atoms. The first-order valence-corrected chi connectivity index (χ1v) is 5.72.